The summed E-state index contributed by atoms with van der Waals surface area (Å²) in [6.45, 7) is 1.64. The lowest BCUT2D eigenvalue weighted by atomic mass is 10.1. The van der Waals surface area contributed by atoms with Crippen LogP contribution in [-0.4, -0.2) is 5.11 Å². The maximum absolute atomic E-state index is 13.4. The van der Waals surface area contributed by atoms with Crippen LogP contribution in [0.1, 0.15) is 24.2 Å². The van der Waals surface area contributed by atoms with Crippen LogP contribution in [-0.2, 0) is 6.61 Å². The summed E-state index contributed by atoms with van der Waals surface area (Å²) in [5.74, 6) is -0.446. The molecule has 2 rings (SSSR count). The average molecular weight is 343 g/mol. The van der Waals surface area contributed by atoms with Crippen molar-refractivity contribution in [2.45, 2.75) is 19.6 Å². The van der Waals surface area contributed by atoms with Crippen molar-refractivity contribution in [2.24, 2.45) is 0 Å². The predicted octanol–water partition coefficient (Wildman–Crippen LogP) is 4.36. The number of aliphatic hydroxyl groups is 1. The second-order valence-corrected chi connectivity index (χ2v) is 5.15. The largest absolute Gasteiger partial charge is 0.488 e. The molecule has 1 atom stereocenters. The van der Waals surface area contributed by atoms with Gasteiger partial charge in [-0.05, 0) is 47.1 Å². The summed E-state index contributed by atoms with van der Waals surface area (Å²) in [6, 6.07) is 8.57. The Kier molecular flexibility index (Phi) is 4.73. The lowest BCUT2D eigenvalue weighted by Gasteiger charge is -2.14. The van der Waals surface area contributed by atoms with Gasteiger partial charge in [-0.2, -0.15) is 0 Å². The van der Waals surface area contributed by atoms with E-state index in [1.54, 1.807) is 12.1 Å². The zero-order valence-corrected chi connectivity index (χ0v) is 12.3. The van der Waals surface area contributed by atoms with Crippen molar-refractivity contribution < 1.29 is 18.6 Å². The number of rotatable bonds is 4. The molecular formula is C15H13BrF2O2. The quantitative estimate of drug-likeness (QED) is 0.894. The molecule has 5 heteroatoms. The Balaban J connectivity index is 2.21. The lowest BCUT2D eigenvalue weighted by molar-refractivity contribution is 0.189. The van der Waals surface area contributed by atoms with Crippen molar-refractivity contribution in [3.63, 3.8) is 0 Å². The summed E-state index contributed by atoms with van der Waals surface area (Å²) < 4.78 is 32.4. The van der Waals surface area contributed by atoms with Gasteiger partial charge < -0.3 is 9.84 Å². The fourth-order valence-corrected chi connectivity index (χ4v) is 2.17. The molecule has 1 N–H and O–H groups in total. The number of benzene rings is 2. The van der Waals surface area contributed by atoms with Crippen LogP contribution in [0.2, 0.25) is 0 Å². The Bertz CT molecular complexity index is 615. The van der Waals surface area contributed by atoms with Gasteiger partial charge in [0, 0.05) is 11.1 Å². The highest BCUT2D eigenvalue weighted by molar-refractivity contribution is 9.10. The highest BCUT2D eigenvalue weighted by Gasteiger charge is 2.12. The van der Waals surface area contributed by atoms with Gasteiger partial charge in [-0.1, -0.05) is 12.1 Å². The predicted molar refractivity (Wildman–Crippen MR) is 75.5 cm³/mol. The molecule has 0 heterocycles. The molecule has 0 amide bonds. The van der Waals surface area contributed by atoms with E-state index in [0.717, 1.165) is 0 Å². The van der Waals surface area contributed by atoms with E-state index in [1.807, 2.05) is 0 Å². The molecule has 2 aromatic carbocycles. The van der Waals surface area contributed by atoms with Gasteiger partial charge >= 0.3 is 0 Å². The van der Waals surface area contributed by atoms with E-state index >= 15 is 0 Å². The highest BCUT2D eigenvalue weighted by Crippen LogP contribution is 2.28. The van der Waals surface area contributed by atoms with Crippen LogP contribution in [0.25, 0.3) is 0 Å². The molecule has 20 heavy (non-hydrogen) atoms. The molecule has 2 nitrogen and oxygen atoms in total. The van der Waals surface area contributed by atoms with E-state index in [0.29, 0.717) is 21.3 Å². The van der Waals surface area contributed by atoms with Crippen LogP contribution in [0.4, 0.5) is 8.78 Å². The zero-order chi connectivity index (χ0) is 14.7. The van der Waals surface area contributed by atoms with E-state index in [2.05, 4.69) is 15.9 Å². The monoisotopic (exact) mass is 342 g/mol. The van der Waals surface area contributed by atoms with Gasteiger partial charge in [0.15, 0.2) is 0 Å². The summed E-state index contributed by atoms with van der Waals surface area (Å²) in [4.78, 5) is 0. The molecule has 0 saturated heterocycles. The molecule has 1 unspecified atom stereocenters. The summed E-state index contributed by atoms with van der Waals surface area (Å²) >= 11 is 3.15. The van der Waals surface area contributed by atoms with Crippen molar-refractivity contribution in [3.05, 3.63) is 63.6 Å². The Hall–Kier alpha value is -1.46. The molecule has 0 aliphatic rings. The summed E-state index contributed by atoms with van der Waals surface area (Å²) in [7, 11) is 0. The summed E-state index contributed by atoms with van der Waals surface area (Å²) in [5.41, 5.74) is 0.989. The van der Waals surface area contributed by atoms with Crippen LogP contribution in [0.15, 0.2) is 40.9 Å². The van der Waals surface area contributed by atoms with E-state index < -0.39 is 11.9 Å². The Morgan fingerprint density at radius 2 is 2.00 bits per heavy atom. The Labute approximate surface area is 124 Å². The second kappa shape index (κ2) is 6.33. The van der Waals surface area contributed by atoms with Crippen molar-refractivity contribution in [2.75, 3.05) is 0 Å². The maximum Gasteiger partial charge on any atom is 0.137 e. The fourth-order valence-electron chi connectivity index (χ4n) is 1.79. The molecule has 106 valence electrons. The standard InChI is InChI=1S/C15H13BrF2O2/c1-9(19)12-7-11(17)5-6-14(12)20-8-10-3-2-4-13(18)15(10)16/h2-7,9,19H,8H2,1H3. The maximum atomic E-state index is 13.4. The topological polar surface area (TPSA) is 29.5 Å². The van der Waals surface area contributed by atoms with Gasteiger partial charge in [0.2, 0.25) is 0 Å². The van der Waals surface area contributed by atoms with Gasteiger partial charge in [-0.25, -0.2) is 8.78 Å². The number of aliphatic hydroxyl groups excluding tert-OH is 1. The highest BCUT2D eigenvalue weighted by atomic mass is 79.9. The minimum Gasteiger partial charge on any atom is -0.488 e. The first-order chi connectivity index (χ1) is 9.49. The molecule has 0 aliphatic carbocycles. The van der Waals surface area contributed by atoms with Gasteiger partial charge in [0.1, 0.15) is 24.0 Å². The molecule has 2 aromatic rings. The number of halogens is 3. The third-order valence-electron chi connectivity index (χ3n) is 2.84. The van der Waals surface area contributed by atoms with Gasteiger partial charge in [0.25, 0.3) is 0 Å². The van der Waals surface area contributed by atoms with Crippen LogP contribution in [0, 0.1) is 11.6 Å². The minimum absolute atomic E-state index is 0.115. The van der Waals surface area contributed by atoms with E-state index in [1.165, 1.54) is 31.2 Å². The van der Waals surface area contributed by atoms with Crippen molar-refractivity contribution in [1.82, 2.24) is 0 Å². The number of hydrogen-bond donors (Lipinski definition) is 1. The van der Waals surface area contributed by atoms with Crippen molar-refractivity contribution >= 4 is 15.9 Å². The van der Waals surface area contributed by atoms with E-state index in [4.69, 9.17) is 4.74 Å². The average Bonchev–Trinajstić information content (AvgIpc) is 2.41. The number of ether oxygens (including phenoxy) is 1. The normalized spacial score (nSPS) is 12.2. The Morgan fingerprint density at radius 1 is 1.25 bits per heavy atom. The van der Waals surface area contributed by atoms with Crippen molar-refractivity contribution in [1.29, 1.82) is 0 Å². The van der Waals surface area contributed by atoms with Crippen LogP contribution in [0.5, 0.6) is 5.75 Å². The lowest BCUT2D eigenvalue weighted by Crippen LogP contribution is -2.02. The smallest absolute Gasteiger partial charge is 0.137 e. The number of hydrogen-bond acceptors (Lipinski definition) is 2. The molecule has 0 aliphatic heterocycles. The SMILES string of the molecule is CC(O)c1cc(F)ccc1OCc1cccc(F)c1Br. The third kappa shape index (κ3) is 3.35. The summed E-state index contributed by atoms with van der Waals surface area (Å²) in [6.07, 6.45) is -0.850. The first kappa shape index (κ1) is 14.9. The van der Waals surface area contributed by atoms with E-state index in [9.17, 15) is 13.9 Å². The van der Waals surface area contributed by atoms with Gasteiger partial charge in [-0.3, -0.25) is 0 Å². The van der Waals surface area contributed by atoms with E-state index in [-0.39, 0.29) is 12.4 Å². The minimum atomic E-state index is -0.850. The van der Waals surface area contributed by atoms with Crippen molar-refractivity contribution in [3.8, 4) is 5.75 Å². The third-order valence-corrected chi connectivity index (χ3v) is 3.72. The first-order valence-corrected chi connectivity index (χ1v) is 6.81. The molecule has 0 radical (unpaired) electrons. The fraction of sp³-hybridized carbons (Fsp3) is 0.200. The zero-order valence-electron chi connectivity index (χ0n) is 10.7. The van der Waals surface area contributed by atoms with Gasteiger partial charge in [0.05, 0.1) is 10.6 Å². The molecular weight excluding hydrogens is 330 g/mol. The molecule has 0 fully saturated rings. The second-order valence-electron chi connectivity index (χ2n) is 4.36. The van der Waals surface area contributed by atoms with Crippen LogP contribution in [0.3, 0.4) is 0 Å². The van der Waals surface area contributed by atoms with Gasteiger partial charge in [-0.15, -0.1) is 0 Å². The van der Waals surface area contributed by atoms with Crippen LogP contribution < -0.4 is 4.74 Å². The molecule has 0 aromatic heterocycles. The first-order valence-electron chi connectivity index (χ1n) is 6.02. The molecule has 0 bridgehead atoms. The Morgan fingerprint density at radius 3 is 2.70 bits per heavy atom. The summed E-state index contributed by atoms with van der Waals surface area (Å²) in [5, 5.41) is 9.61. The molecule has 0 spiro atoms. The van der Waals surface area contributed by atoms with Crippen LogP contribution >= 0.6 is 15.9 Å². The molecule has 0 saturated carbocycles.